The molecule has 8 heteroatoms. The Hall–Kier alpha value is -2.87. The number of carbonyl (C=O) groups excluding carboxylic acids is 3. The zero-order valence-electron chi connectivity index (χ0n) is 14.2. The summed E-state index contributed by atoms with van der Waals surface area (Å²) in [7, 11) is 0. The predicted octanol–water partition coefficient (Wildman–Crippen LogP) is 0.490. The van der Waals surface area contributed by atoms with Gasteiger partial charge in [0.1, 0.15) is 12.6 Å². The Morgan fingerprint density at radius 2 is 1.96 bits per heavy atom. The minimum absolute atomic E-state index is 0.227. The Balaban J connectivity index is 1.44. The first-order valence-electron chi connectivity index (χ1n) is 8.66. The molecule has 0 radical (unpaired) electrons. The summed E-state index contributed by atoms with van der Waals surface area (Å²) in [5, 5.41) is 3.72. The standard InChI is InChI=1S/C18H20N4O4/c23-16(21-5-7-26-8-6-21)11-22-17(24)15(20-18(22)25)9-12-10-19-14-4-2-1-3-13(12)14/h1-4,10,15,19H,5-9,11H2,(H,20,25)/t15-/m0/s1. The van der Waals surface area contributed by atoms with E-state index in [1.807, 2.05) is 30.5 Å². The highest BCUT2D eigenvalue weighted by molar-refractivity contribution is 6.06. The van der Waals surface area contributed by atoms with Crippen molar-refractivity contribution in [3.05, 3.63) is 36.0 Å². The number of aromatic amines is 1. The van der Waals surface area contributed by atoms with Gasteiger partial charge < -0.3 is 19.9 Å². The van der Waals surface area contributed by atoms with Gasteiger partial charge in [-0.25, -0.2) is 4.79 Å². The molecule has 1 aromatic carbocycles. The lowest BCUT2D eigenvalue weighted by molar-refractivity contribution is -0.140. The molecular formula is C18H20N4O4. The Morgan fingerprint density at radius 1 is 1.19 bits per heavy atom. The number of amides is 4. The maximum atomic E-state index is 12.6. The number of fused-ring (bicyclic) bond motifs is 1. The molecule has 0 saturated carbocycles. The van der Waals surface area contributed by atoms with E-state index in [9.17, 15) is 14.4 Å². The molecule has 136 valence electrons. The number of urea groups is 1. The number of morpholine rings is 1. The summed E-state index contributed by atoms with van der Waals surface area (Å²) in [6, 6.07) is 6.63. The Bertz CT molecular complexity index is 856. The summed E-state index contributed by atoms with van der Waals surface area (Å²) < 4.78 is 5.22. The molecule has 1 aromatic heterocycles. The zero-order valence-corrected chi connectivity index (χ0v) is 14.2. The van der Waals surface area contributed by atoms with E-state index < -0.39 is 12.1 Å². The first-order chi connectivity index (χ1) is 12.6. The number of imide groups is 1. The van der Waals surface area contributed by atoms with Crippen molar-refractivity contribution in [1.29, 1.82) is 0 Å². The van der Waals surface area contributed by atoms with Gasteiger partial charge >= 0.3 is 6.03 Å². The van der Waals surface area contributed by atoms with Gasteiger partial charge in [-0.15, -0.1) is 0 Å². The minimum Gasteiger partial charge on any atom is -0.378 e. The van der Waals surface area contributed by atoms with Crippen LogP contribution < -0.4 is 5.32 Å². The number of benzene rings is 1. The van der Waals surface area contributed by atoms with Gasteiger partial charge in [-0.3, -0.25) is 14.5 Å². The lowest BCUT2D eigenvalue weighted by Crippen LogP contribution is -2.47. The average molecular weight is 356 g/mol. The van der Waals surface area contributed by atoms with Gasteiger partial charge in [0.15, 0.2) is 0 Å². The molecule has 4 rings (SSSR count). The number of hydrogen-bond donors (Lipinski definition) is 2. The van der Waals surface area contributed by atoms with Gasteiger partial charge in [0, 0.05) is 36.6 Å². The monoisotopic (exact) mass is 356 g/mol. The van der Waals surface area contributed by atoms with Gasteiger partial charge in [-0.1, -0.05) is 18.2 Å². The second kappa shape index (κ2) is 6.80. The van der Waals surface area contributed by atoms with Crippen LogP contribution in [0.4, 0.5) is 4.79 Å². The lowest BCUT2D eigenvalue weighted by atomic mass is 10.1. The quantitative estimate of drug-likeness (QED) is 0.780. The van der Waals surface area contributed by atoms with Crippen LogP contribution in [0.15, 0.2) is 30.5 Å². The van der Waals surface area contributed by atoms with Crippen molar-refractivity contribution in [3.8, 4) is 0 Å². The summed E-state index contributed by atoms with van der Waals surface area (Å²) in [6.45, 7) is 1.71. The van der Waals surface area contributed by atoms with Gasteiger partial charge in [-0.2, -0.15) is 0 Å². The molecule has 2 N–H and O–H groups in total. The largest absolute Gasteiger partial charge is 0.378 e. The molecule has 0 bridgehead atoms. The predicted molar refractivity (Wildman–Crippen MR) is 93.4 cm³/mol. The third-order valence-electron chi connectivity index (χ3n) is 4.86. The van der Waals surface area contributed by atoms with Crippen molar-refractivity contribution in [2.45, 2.75) is 12.5 Å². The van der Waals surface area contributed by atoms with Crippen LogP contribution in [0.5, 0.6) is 0 Å². The van der Waals surface area contributed by atoms with Crippen molar-refractivity contribution in [3.63, 3.8) is 0 Å². The summed E-state index contributed by atoms with van der Waals surface area (Å²) in [5.41, 5.74) is 1.94. The molecule has 0 aliphatic carbocycles. The summed E-state index contributed by atoms with van der Waals surface area (Å²) in [6.07, 6.45) is 2.24. The van der Waals surface area contributed by atoms with Crippen LogP contribution in [0.3, 0.4) is 0 Å². The molecule has 2 fully saturated rings. The number of hydrogen-bond acceptors (Lipinski definition) is 4. The van der Waals surface area contributed by atoms with Crippen LogP contribution in [0.25, 0.3) is 10.9 Å². The SMILES string of the molecule is O=C(CN1C(=O)N[C@@H](Cc2c[nH]c3ccccc23)C1=O)N1CCOCC1. The first kappa shape index (κ1) is 16.6. The third kappa shape index (κ3) is 3.03. The van der Waals surface area contributed by atoms with E-state index >= 15 is 0 Å². The van der Waals surface area contributed by atoms with Crippen molar-refractivity contribution < 1.29 is 19.1 Å². The number of aromatic nitrogens is 1. The van der Waals surface area contributed by atoms with Crippen LogP contribution in [0, 0.1) is 0 Å². The topological polar surface area (TPSA) is 94.7 Å². The fourth-order valence-corrected chi connectivity index (χ4v) is 3.43. The summed E-state index contributed by atoms with van der Waals surface area (Å²) in [5.74, 6) is -0.591. The number of para-hydroxylation sites is 1. The highest BCUT2D eigenvalue weighted by Gasteiger charge is 2.39. The molecule has 0 spiro atoms. The molecule has 3 heterocycles. The van der Waals surface area contributed by atoms with E-state index in [0.29, 0.717) is 32.7 Å². The van der Waals surface area contributed by atoms with Crippen LogP contribution in [0.1, 0.15) is 5.56 Å². The minimum atomic E-state index is -0.654. The number of nitrogens with one attached hydrogen (secondary N) is 2. The molecule has 1 atom stereocenters. The maximum absolute atomic E-state index is 12.6. The second-order valence-electron chi connectivity index (χ2n) is 6.48. The highest BCUT2D eigenvalue weighted by atomic mass is 16.5. The molecule has 2 aromatic rings. The van der Waals surface area contributed by atoms with E-state index in [0.717, 1.165) is 21.4 Å². The van der Waals surface area contributed by atoms with Crippen molar-refractivity contribution in [2.75, 3.05) is 32.8 Å². The van der Waals surface area contributed by atoms with E-state index in [4.69, 9.17) is 4.74 Å². The molecule has 2 aliphatic heterocycles. The lowest BCUT2D eigenvalue weighted by Gasteiger charge is -2.28. The Labute approximate surface area is 150 Å². The fourth-order valence-electron chi connectivity index (χ4n) is 3.43. The van der Waals surface area contributed by atoms with E-state index in [2.05, 4.69) is 10.3 Å². The van der Waals surface area contributed by atoms with Crippen LogP contribution in [0.2, 0.25) is 0 Å². The fraction of sp³-hybridized carbons (Fsp3) is 0.389. The molecular weight excluding hydrogens is 336 g/mol. The molecule has 26 heavy (non-hydrogen) atoms. The summed E-state index contributed by atoms with van der Waals surface area (Å²) >= 11 is 0. The number of carbonyl (C=O) groups is 3. The number of nitrogens with zero attached hydrogens (tertiary/aromatic N) is 2. The normalized spacial score (nSPS) is 20.7. The van der Waals surface area contributed by atoms with E-state index in [1.165, 1.54) is 0 Å². The molecule has 0 unspecified atom stereocenters. The van der Waals surface area contributed by atoms with E-state index in [1.54, 1.807) is 4.90 Å². The van der Waals surface area contributed by atoms with Crippen molar-refractivity contribution in [2.24, 2.45) is 0 Å². The zero-order chi connectivity index (χ0) is 18.1. The number of ether oxygens (including phenoxy) is 1. The molecule has 2 aliphatic rings. The van der Waals surface area contributed by atoms with E-state index in [-0.39, 0.29) is 18.4 Å². The van der Waals surface area contributed by atoms with Gasteiger partial charge in [0.05, 0.1) is 13.2 Å². The Kier molecular flexibility index (Phi) is 4.34. The number of H-pyrrole nitrogens is 1. The second-order valence-corrected chi connectivity index (χ2v) is 6.48. The van der Waals surface area contributed by atoms with Crippen molar-refractivity contribution >= 4 is 28.7 Å². The van der Waals surface area contributed by atoms with Gasteiger partial charge in [-0.05, 0) is 11.6 Å². The van der Waals surface area contributed by atoms with Crippen LogP contribution in [-0.2, 0) is 20.7 Å². The Morgan fingerprint density at radius 3 is 2.77 bits per heavy atom. The molecule has 2 saturated heterocycles. The third-order valence-corrected chi connectivity index (χ3v) is 4.86. The van der Waals surface area contributed by atoms with Crippen LogP contribution in [-0.4, -0.2) is 71.5 Å². The van der Waals surface area contributed by atoms with Gasteiger partial charge in [0.25, 0.3) is 5.91 Å². The smallest absolute Gasteiger partial charge is 0.325 e. The van der Waals surface area contributed by atoms with Crippen LogP contribution >= 0.6 is 0 Å². The maximum Gasteiger partial charge on any atom is 0.325 e. The first-order valence-corrected chi connectivity index (χ1v) is 8.66. The average Bonchev–Trinajstić information content (AvgIpc) is 3.19. The molecule has 8 nitrogen and oxygen atoms in total. The van der Waals surface area contributed by atoms with Crippen molar-refractivity contribution in [1.82, 2.24) is 20.1 Å². The summed E-state index contributed by atoms with van der Waals surface area (Å²) in [4.78, 5) is 43.0. The highest BCUT2D eigenvalue weighted by Crippen LogP contribution is 2.21. The molecule has 4 amide bonds. The van der Waals surface area contributed by atoms with Gasteiger partial charge in [0.2, 0.25) is 5.91 Å². The number of rotatable bonds is 4.